The van der Waals surface area contributed by atoms with Gasteiger partial charge >= 0.3 is 0 Å². The van der Waals surface area contributed by atoms with Gasteiger partial charge < -0.3 is 15.4 Å². The molecule has 4 heteroatoms. The van der Waals surface area contributed by atoms with Gasteiger partial charge in [-0.3, -0.25) is 0 Å². The number of aliphatic imine (C=N–C) groups is 1. The molecule has 0 aromatic heterocycles. The first kappa shape index (κ1) is 18.0. The Kier molecular flexibility index (Phi) is 7.30. The first-order chi connectivity index (χ1) is 11.7. The summed E-state index contributed by atoms with van der Waals surface area (Å²) in [6, 6.07) is 18.5. The van der Waals surface area contributed by atoms with E-state index in [1.807, 2.05) is 23.1 Å². The summed E-state index contributed by atoms with van der Waals surface area (Å²) in [6.45, 7) is 7.76. The summed E-state index contributed by atoms with van der Waals surface area (Å²) < 4.78 is 5.75. The van der Waals surface area contributed by atoms with E-state index in [-0.39, 0.29) is 0 Å². The molecule has 0 atom stereocenters. The summed E-state index contributed by atoms with van der Waals surface area (Å²) in [7, 11) is 0. The third-order valence-electron chi connectivity index (χ3n) is 3.91. The van der Waals surface area contributed by atoms with E-state index in [4.69, 9.17) is 10.5 Å². The fourth-order valence-electron chi connectivity index (χ4n) is 2.42. The van der Waals surface area contributed by atoms with Crippen LogP contribution < -0.4 is 5.73 Å². The molecule has 2 rings (SSSR count). The zero-order chi connectivity index (χ0) is 17.2. The quantitative estimate of drug-likeness (QED) is 0.596. The Morgan fingerprint density at radius 2 is 1.42 bits per heavy atom. The molecule has 0 spiro atoms. The van der Waals surface area contributed by atoms with Crippen LogP contribution in [0.25, 0.3) is 0 Å². The van der Waals surface area contributed by atoms with Crippen molar-refractivity contribution in [2.45, 2.75) is 33.6 Å². The number of nitrogens with zero attached hydrogens (tertiary/aromatic N) is 2. The number of hydrogen-bond acceptors (Lipinski definition) is 2. The van der Waals surface area contributed by atoms with Crippen molar-refractivity contribution in [2.75, 3.05) is 13.1 Å². The molecule has 24 heavy (non-hydrogen) atoms. The predicted molar refractivity (Wildman–Crippen MR) is 99.6 cm³/mol. The highest BCUT2D eigenvalue weighted by Gasteiger charge is 2.02. The number of ether oxygens (including phenoxy) is 1. The molecule has 128 valence electrons. The van der Waals surface area contributed by atoms with E-state index in [1.54, 1.807) is 0 Å². The maximum atomic E-state index is 5.99. The van der Waals surface area contributed by atoms with Gasteiger partial charge in [0.1, 0.15) is 0 Å². The lowest BCUT2D eigenvalue weighted by molar-refractivity contribution is 0.107. The SMILES string of the molecule is CCN(CC)C(N)=NCc1ccc(COCc2ccccc2)cc1. The molecule has 0 amide bonds. The van der Waals surface area contributed by atoms with Gasteiger partial charge in [0.05, 0.1) is 19.8 Å². The number of nitrogens with two attached hydrogens (primary N) is 1. The van der Waals surface area contributed by atoms with Gasteiger partial charge in [-0.05, 0) is 30.5 Å². The van der Waals surface area contributed by atoms with Crippen LogP contribution in [0.15, 0.2) is 59.6 Å². The van der Waals surface area contributed by atoms with Crippen molar-refractivity contribution in [1.29, 1.82) is 0 Å². The molecular formula is C20H27N3O. The first-order valence-corrected chi connectivity index (χ1v) is 8.47. The maximum Gasteiger partial charge on any atom is 0.191 e. The lowest BCUT2D eigenvalue weighted by Gasteiger charge is -2.19. The fourth-order valence-corrected chi connectivity index (χ4v) is 2.42. The minimum Gasteiger partial charge on any atom is -0.372 e. The summed E-state index contributed by atoms with van der Waals surface area (Å²) in [5.41, 5.74) is 9.50. The van der Waals surface area contributed by atoms with Crippen LogP contribution in [0.1, 0.15) is 30.5 Å². The molecule has 0 aliphatic carbocycles. The molecule has 2 N–H and O–H groups in total. The van der Waals surface area contributed by atoms with Crippen LogP contribution in [-0.4, -0.2) is 23.9 Å². The summed E-state index contributed by atoms with van der Waals surface area (Å²) >= 11 is 0. The summed E-state index contributed by atoms with van der Waals surface area (Å²) in [5, 5.41) is 0. The Hall–Kier alpha value is -2.33. The fraction of sp³-hybridized carbons (Fsp3) is 0.350. The lowest BCUT2D eigenvalue weighted by atomic mass is 10.1. The Balaban J connectivity index is 1.81. The van der Waals surface area contributed by atoms with E-state index in [0.717, 1.165) is 24.2 Å². The highest BCUT2D eigenvalue weighted by Crippen LogP contribution is 2.09. The summed E-state index contributed by atoms with van der Waals surface area (Å²) in [4.78, 5) is 6.50. The third kappa shape index (κ3) is 5.70. The molecule has 2 aromatic rings. The molecule has 0 saturated carbocycles. The van der Waals surface area contributed by atoms with Crippen molar-refractivity contribution >= 4 is 5.96 Å². The minimum absolute atomic E-state index is 0.605. The van der Waals surface area contributed by atoms with E-state index < -0.39 is 0 Å². The van der Waals surface area contributed by atoms with Crippen LogP contribution in [0.5, 0.6) is 0 Å². The Labute approximate surface area is 145 Å². The van der Waals surface area contributed by atoms with Gasteiger partial charge in [-0.1, -0.05) is 54.6 Å². The van der Waals surface area contributed by atoms with Crippen LogP contribution in [0.2, 0.25) is 0 Å². The summed E-state index contributed by atoms with van der Waals surface area (Å²) in [5.74, 6) is 0.607. The van der Waals surface area contributed by atoms with Gasteiger partial charge in [0, 0.05) is 13.1 Å². The summed E-state index contributed by atoms with van der Waals surface area (Å²) in [6.07, 6.45) is 0. The maximum absolute atomic E-state index is 5.99. The Morgan fingerprint density at radius 1 is 0.875 bits per heavy atom. The molecule has 2 aromatic carbocycles. The molecule has 4 nitrogen and oxygen atoms in total. The topological polar surface area (TPSA) is 50.8 Å². The van der Waals surface area contributed by atoms with E-state index >= 15 is 0 Å². The molecule has 0 unspecified atom stereocenters. The molecule has 0 aliphatic rings. The van der Waals surface area contributed by atoms with E-state index in [2.05, 4.69) is 55.2 Å². The predicted octanol–water partition coefficient (Wildman–Crippen LogP) is 3.56. The van der Waals surface area contributed by atoms with Gasteiger partial charge in [-0.2, -0.15) is 0 Å². The van der Waals surface area contributed by atoms with Gasteiger partial charge in [-0.25, -0.2) is 4.99 Å². The van der Waals surface area contributed by atoms with Crippen LogP contribution in [0.3, 0.4) is 0 Å². The molecule has 0 heterocycles. The van der Waals surface area contributed by atoms with Crippen molar-refractivity contribution in [3.63, 3.8) is 0 Å². The van der Waals surface area contributed by atoms with E-state index in [0.29, 0.717) is 25.7 Å². The highest BCUT2D eigenvalue weighted by atomic mass is 16.5. The molecule has 0 fully saturated rings. The zero-order valence-corrected chi connectivity index (χ0v) is 14.6. The van der Waals surface area contributed by atoms with Crippen LogP contribution >= 0.6 is 0 Å². The molecule has 0 bridgehead atoms. The Morgan fingerprint density at radius 3 is 2.00 bits per heavy atom. The highest BCUT2D eigenvalue weighted by molar-refractivity contribution is 5.77. The molecular weight excluding hydrogens is 298 g/mol. The lowest BCUT2D eigenvalue weighted by Crippen LogP contribution is -2.37. The number of guanidine groups is 1. The molecule has 0 saturated heterocycles. The molecule has 0 radical (unpaired) electrons. The number of hydrogen-bond donors (Lipinski definition) is 1. The van der Waals surface area contributed by atoms with Gasteiger partial charge in [0.2, 0.25) is 0 Å². The second-order valence-corrected chi connectivity index (χ2v) is 5.64. The minimum atomic E-state index is 0.605. The zero-order valence-electron chi connectivity index (χ0n) is 14.6. The van der Waals surface area contributed by atoms with Crippen molar-refractivity contribution in [3.05, 3.63) is 71.3 Å². The van der Waals surface area contributed by atoms with Gasteiger partial charge in [0.15, 0.2) is 5.96 Å². The first-order valence-electron chi connectivity index (χ1n) is 8.47. The standard InChI is InChI=1S/C20H27N3O/c1-3-23(4-2)20(21)22-14-17-10-12-19(13-11-17)16-24-15-18-8-6-5-7-9-18/h5-13H,3-4,14-16H2,1-2H3,(H2,21,22). The smallest absolute Gasteiger partial charge is 0.191 e. The van der Waals surface area contributed by atoms with Gasteiger partial charge in [-0.15, -0.1) is 0 Å². The van der Waals surface area contributed by atoms with Crippen LogP contribution in [0, 0.1) is 0 Å². The van der Waals surface area contributed by atoms with Crippen molar-refractivity contribution < 1.29 is 4.74 Å². The van der Waals surface area contributed by atoms with Crippen LogP contribution in [0.4, 0.5) is 0 Å². The monoisotopic (exact) mass is 325 g/mol. The van der Waals surface area contributed by atoms with Crippen LogP contribution in [-0.2, 0) is 24.5 Å². The Bertz CT molecular complexity index is 619. The van der Waals surface area contributed by atoms with E-state index in [9.17, 15) is 0 Å². The average Bonchev–Trinajstić information content (AvgIpc) is 2.63. The number of rotatable bonds is 8. The average molecular weight is 325 g/mol. The van der Waals surface area contributed by atoms with Crippen molar-refractivity contribution in [3.8, 4) is 0 Å². The van der Waals surface area contributed by atoms with Gasteiger partial charge in [0.25, 0.3) is 0 Å². The number of benzene rings is 2. The second kappa shape index (κ2) is 9.73. The molecule has 0 aliphatic heterocycles. The van der Waals surface area contributed by atoms with E-state index in [1.165, 1.54) is 5.56 Å². The normalized spacial score (nSPS) is 11.5. The van der Waals surface area contributed by atoms with Crippen molar-refractivity contribution in [2.24, 2.45) is 10.7 Å². The van der Waals surface area contributed by atoms with Crippen molar-refractivity contribution in [1.82, 2.24) is 4.90 Å². The third-order valence-corrected chi connectivity index (χ3v) is 3.91. The largest absolute Gasteiger partial charge is 0.372 e. The second-order valence-electron chi connectivity index (χ2n) is 5.64.